The standard InChI is InChI=1S/C17H24N2/c1-16(2)7-8-17(3,4)14-12(16)10-13(18-5)11-6-9-19-15(11)14/h6,9-10,18-19H,7-8H2,1-5H3. The number of aromatic nitrogens is 1. The monoisotopic (exact) mass is 256 g/mol. The van der Waals surface area contributed by atoms with Crippen LogP contribution in [-0.4, -0.2) is 12.0 Å². The number of aromatic amines is 1. The van der Waals surface area contributed by atoms with Crippen molar-refractivity contribution < 1.29 is 0 Å². The zero-order chi connectivity index (χ0) is 13.8. The van der Waals surface area contributed by atoms with Gasteiger partial charge in [-0.2, -0.15) is 0 Å². The lowest BCUT2D eigenvalue weighted by Crippen LogP contribution is -2.34. The fraction of sp³-hybridized carbons (Fsp3) is 0.529. The van der Waals surface area contributed by atoms with Gasteiger partial charge in [0.25, 0.3) is 0 Å². The average Bonchev–Trinajstić information content (AvgIpc) is 2.82. The van der Waals surface area contributed by atoms with Crippen molar-refractivity contribution in [1.82, 2.24) is 4.98 Å². The summed E-state index contributed by atoms with van der Waals surface area (Å²) in [4.78, 5) is 3.48. The Labute approximate surface area is 115 Å². The number of hydrogen-bond acceptors (Lipinski definition) is 1. The maximum atomic E-state index is 3.48. The van der Waals surface area contributed by atoms with Crippen molar-refractivity contribution in [3.63, 3.8) is 0 Å². The SMILES string of the molecule is CNc1cc2c(c3[nH]ccc13)C(C)(C)CCC2(C)C. The van der Waals surface area contributed by atoms with E-state index in [2.05, 4.69) is 56.3 Å². The summed E-state index contributed by atoms with van der Waals surface area (Å²) in [7, 11) is 2.01. The van der Waals surface area contributed by atoms with E-state index in [0.717, 1.165) is 0 Å². The Morgan fingerprint density at radius 3 is 2.47 bits per heavy atom. The van der Waals surface area contributed by atoms with Gasteiger partial charge in [-0.05, 0) is 46.9 Å². The van der Waals surface area contributed by atoms with Crippen LogP contribution in [0.5, 0.6) is 0 Å². The third kappa shape index (κ3) is 1.69. The second-order valence-electron chi connectivity index (χ2n) is 7.13. The Morgan fingerprint density at radius 1 is 1.11 bits per heavy atom. The molecule has 0 atom stereocenters. The number of anilines is 1. The molecule has 0 unspecified atom stereocenters. The minimum atomic E-state index is 0.250. The van der Waals surface area contributed by atoms with Crippen molar-refractivity contribution >= 4 is 16.6 Å². The molecular weight excluding hydrogens is 232 g/mol. The van der Waals surface area contributed by atoms with E-state index in [9.17, 15) is 0 Å². The lowest BCUT2D eigenvalue weighted by molar-refractivity contribution is 0.334. The van der Waals surface area contributed by atoms with Crippen molar-refractivity contribution in [3.05, 3.63) is 29.5 Å². The molecule has 1 aliphatic carbocycles. The summed E-state index contributed by atoms with van der Waals surface area (Å²) in [6.07, 6.45) is 4.56. The largest absolute Gasteiger partial charge is 0.388 e. The molecule has 1 aliphatic rings. The van der Waals surface area contributed by atoms with Crippen LogP contribution >= 0.6 is 0 Å². The molecule has 0 saturated heterocycles. The highest BCUT2D eigenvalue weighted by atomic mass is 14.8. The maximum absolute atomic E-state index is 3.48. The quantitative estimate of drug-likeness (QED) is 0.769. The lowest BCUT2D eigenvalue weighted by Gasteiger charge is -2.42. The molecule has 1 heterocycles. The predicted molar refractivity (Wildman–Crippen MR) is 83.1 cm³/mol. The third-order valence-corrected chi connectivity index (χ3v) is 4.90. The first-order chi connectivity index (χ1) is 8.87. The van der Waals surface area contributed by atoms with Crippen molar-refractivity contribution in [2.75, 3.05) is 12.4 Å². The number of benzene rings is 1. The lowest BCUT2D eigenvalue weighted by atomic mass is 9.62. The average molecular weight is 256 g/mol. The van der Waals surface area contributed by atoms with Crippen LogP contribution in [-0.2, 0) is 10.8 Å². The fourth-order valence-electron chi connectivity index (χ4n) is 3.56. The van der Waals surface area contributed by atoms with Gasteiger partial charge in [0.05, 0.1) is 5.52 Å². The summed E-state index contributed by atoms with van der Waals surface area (Å²) in [5, 5.41) is 4.66. The minimum absolute atomic E-state index is 0.250. The van der Waals surface area contributed by atoms with Gasteiger partial charge in [0.1, 0.15) is 0 Å². The third-order valence-electron chi connectivity index (χ3n) is 4.90. The fourth-order valence-corrected chi connectivity index (χ4v) is 3.56. The van der Waals surface area contributed by atoms with E-state index in [1.54, 1.807) is 0 Å². The molecule has 0 aliphatic heterocycles. The summed E-state index contributed by atoms with van der Waals surface area (Å²) >= 11 is 0. The Morgan fingerprint density at radius 2 is 1.79 bits per heavy atom. The number of fused-ring (bicyclic) bond motifs is 3. The van der Waals surface area contributed by atoms with E-state index in [0.29, 0.717) is 0 Å². The normalized spacial score (nSPS) is 20.3. The highest BCUT2D eigenvalue weighted by molar-refractivity contribution is 5.96. The summed E-state index contributed by atoms with van der Waals surface area (Å²) in [5.74, 6) is 0. The molecule has 0 fully saturated rings. The van der Waals surface area contributed by atoms with Gasteiger partial charge in [0, 0.05) is 24.3 Å². The molecule has 102 valence electrons. The van der Waals surface area contributed by atoms with Gasteiger partial charge in [0.15, 0.2) is 0 Å². The van der Waals surface area contributed by atoms with Crippen molar-refractivity contribution in [1.29, 1.82) is 0 Å². The topological polar surface area (TPSA) is 27.8 Å². The first kappa shape index (κ1) is 12.6. The molecule has 1 aromatic heterocycles. The smallest absolute Gasteiger partial charge is 0.0515 e. The zero-order valence-corrected chi connectivity index (χ0v) is 12.6. The molecule has 3 rings (SSSR count). The van der Waals surface area contributed by atoms with Crippen LogP contribution in [0.4, 0.5) is 5.69 Å². The van der Waals surface area contributed by atoms with Crippen molar-refractivity contribution in [2.24, 2.45) is 0 Å². The maximum Gasteiger partial charge on any atom is 0.0515 e. The second-order valence-corrected chi connectivity index (χ2v) is 7.13. The van der Waals surface area contributed by atoms with Crippen LogP contribution in [0, 0.1) is 0 Å². The minimum Gasteiger partial charge on any atom is -0.388 e. The molecule has 19 heavy (non-hydrogen) atoms. The van der Waals surface area contributed by atoms with Crippen molar-refractivity contribution in [2.45, 2.75) is 51.4 Å². The second kappa shape index (κ2) is 3.78. The van der Waals surface area contributed by atoms with Gasteiger partial charge in [-0.15, -0.1) is 0 Å². The highest BCUT2D eigenvalue weighted by Crippen LogP contribution is 2.49. The summed E-state index contributed by atoms with van der Waals surface area (Å²) < 4.78 is 0. The van der Waals surface area contributed by atoms with E-state index in [1.165, 1.54) is 40.6 Å². The molecule has 2 N–H and O–H groups in total. The Balaban J connectivity index is 2.44. The van der Waals surface area contributed by atoms with E-state index < -0.39 is 0 Å². The molecule has 0 amide bonds. The van der Waals surface area contributed by atoms with Crippen LogP contribution in [0.3, 0.4) is 0 Å². The molecule has 2 nitrogen and oxygen atoms in total. The molecule has 2 heteroatoms. The molecule has 0 radical (unpaired) electrons. The Kier molecular flexibility index (Phi) is 2.51. The van der Waals surface area contributed by atoms with Gasteiger partial charge in [0.2, 0.25) is 0 Å². The van der Waals surface area contributed by atoms with Crippen LogP contribution < -0.4 is 5.32 Å². The number of rotatable bonds is 1. The van der Waals surface area contributed by atoms with E-state index in [-0.39, 0.29) is 10.8 Å². The molecule has 1 aromatic carbocycles. The highest BCUT2D eigenvalue weighted by Gasteiger charge is 2.39. The molecule has 0 bridgehead atoms. The van der Waals surface area contributed by atoms with E-state index >= 15 is 0 Å². The number of nitrogens with one attached hydrogen (secondary N) is 2. The van der Waals surface area contributed by atoms with Crippen LogP contribution in [0.2, 0.25) is 0 Å². The van der Waals surface area contributed by atoms with Gasteiger partial charge in [-0.1, -0.05) is 27.7 Å². The number of H-pyrrole nitrogens is 1. The van der Waals surface area contributed by atoms with Gasteiger partial charge in [-0.3, -0.25) is 0 Å². The van der Waals surface area contributed by atoms with Crippen LogP contribution in [0.1, 0.15) is 51.7 Å². The summed E-state index contributed by atoms with van der Waals surface area (Å²) in [6, 6.07) is 4.55. The molecule has 0 saturated carbocycles. The van der Waals surface area contributed by atoms with Gasteiger partial charge in [-0.25, -0.2) is 0 Å². The Bertz CT molecular complexity index is 632. The first-order valence-electron chi connectivity index (χ1n) is 7.20. The molecular formula is C17H24N2. The Hall–Kier alpha value is -1.44. The van der Waals surface area contributed by atoms with E-state index in [4.69, 9.17) is 0 Å². The van der Waals surface area contributed by atoms with Crippen LogP contribution in [0.25, 0.3) is 10.9 Å². The van der Waals surface area contributed by atoms with Gasteiger partial charge >= 0.3 is 0 Å². The number of hydrogen-bond donors (Lipinski definition) is 2. The first-order valence-corrected chi connectivity index (χ1v) is 7.20. The summed E-state index contributed by atoms with van der Waals surface area (Å²) in [6.45, 7) is 9.49. The van der Waals surface area contributed by atoms with E-state index in [1.807, 2.05) is 7.05 Å². The molecule has 0 spiro atoms. The van der Waals surface area contributed by atoms with Gasteiger partial charge < -0.3 is 10.3 Å². The summed E-state index contributed by atoms with van der Waals surface area (Å²) in [5.41, 5.74) is 6.09. The zero-order valence-electron chi connectivity index (χ0n) is 12.6. The van der Waals surface area contributed by atoms with Crippen molar-refractivity contribution in [3.8, 4) is 0 Å². The molecule has 2 aromatic rings. The van der Waals surface area contributed by atoms with Crippen LogP contribution in [0.15, 0.2) is 18.3 Å². The predicted octanol–water partition coefficient (Wildman–Crippen LogP) is 4.56.